The molecule has 2 aromatic rings. The number of para-hydroxylation sites is 1. The summed E-state index contributed by atoms with van der Waals surface area (Å²) in [6.07, 6.45) is 0.00333. The number of carbonyl (C=O) groups is 1. The lowest BCUT2D eigenvalue weighted by Crippen LogP contribution is -2.30. The number of nitrogens with one attached hydrogen (secondary N) is 2. The number of aromatic hydroxyl groups is 1. The van der Waals surface area contributed by atoms with Gasteiger partial charge in [-0.15, -0.1) is 0 Å². The van der Waals surface area contributed by atoms with Crippen molar-refractivity contribution in [1.29, 1.82) is 0 Å². The molecule has 0 aliphatic rings. The molecule has 1 amide bonds. The van der Waals surface area contributed by atoms with E-state index in [2.05, 4.69) is 26.0 Å². The second kappa shape index (κ2) is 8.27. The molecule has 6 nitrogen and oxygen atoms in total. The molecule has 0 saturated carbocycles. The minimum Gasteiger partial charge on any atom is -0.508 e. The molecule has 0 aromatic heterocycles. The van der Waals surface area contributed by atoms with Crippen molar-refractivity contribution in [2.24, 2.45) is 0 Å². The van der Waals surface area contributed by atoms with Gasteiger partial charge in [-0.25, -0.2) is 13.1 Å². The Labute approximate surface area is 149 Å². The van der Waals surface area contributed by atoms with Gasteiger partial charge in [0.1, 0.15) is 5.75 Å². The Bertz CT molecular complexity index is 807. The van der Waals surface area contributed by atoms with Crippen molar-refractivity contribution in [3.63, 3.8) is 0 Å². The van der Waals surface area contributed by atoms with E-state index in [1.54, 1.807) is 30.3 Å². The van der Waals surface area contributed by atoms with Crippen molar-refractivity contribution in [2.45, 2.75) is 17.9 Å². The molecule has 8 heteroatoms. The molecule has 0 spiro atoms. The van der Waals surface area contributed by atoms with Gasteiger partial charge in [0, 0.05) is 29.5 Å². The van der Waals surface area contributed by atoms with Crippen molar-refractivity contribution >= 4 is 31.9 Å². The van der Waals surface area contributed by atoms with Gasteiger partial charge in [0.2, 0.25) is 15.9 Å². The molecule has 0 fully saturated rings. The highest BCUT2D eigenvalue weighted by molar-refractivity contribution is 9.10. The third-order valence-corrected chi connectivity index (χ3v) is 5.24. The van der Waals surface area contributed by atoms with Crippen LogP contribution < -0.4 is 10.0 Å². The molecule has 0 heterocycles. The largest absolute Gasteiger partial charge is 0.508 e. The summed E-state index contributed by atoms with van der Waals surface area (Å²) in [5, 5.41) is 12.2. The maximum atomic E-state index is 12.1. The zero-order chi connectivity index (χ0) is 17.6. The van der Waals surface area contributed by atoms with Crippen molar-refractivity contribution in [2.75, 3.05) is 6.54 Å². The zero-order valence-corrected chi connectivity index (χ0v) is 15.1. The molecular weight excluding hydrogens is 396 g/mol. The number of sulfonamides is 1. The molecular formula is C16H17BrN2O4S. The average Bonchev–Trinajstić information content (AvgIpc) is 2.54. The molecule has 0 aliphatic heterocycles. The number of hydrogen-bond acceptors (Lipinski definition) is 4. The Morgan fingerprint density at radius 3 is 2.42 bits per heavy atom. The average molecular weight is 413 g/mol. The fraction of sp³-hybridized carbons (Fsp3) is 0.188. The van der Waals surface area contributed by atoms with Crippen LogP contribution in [0.25, 0.3) is 0 Å². The number of hydrogen-bond donors (Lipinski definition) is 3. The summed E-state index contributed by atoms with van der Waals surface area (Å²) in [5.74, 6) is -0.203. The Hall–Kier alpha value is -1.90. The molecule has 2 rings (SSSR count). The normalized spacial score (nSPS) is 11.2. The van der Waals surface area contributed by atoms with Gasteiger partial charge in [0.15, 0.2) is 0 Å². The molecule has 0 saturated heterocycles. The minimum absolute atomic E-state index is 0.00333. The Balaban J connectivity index is 1.80. The third kappa shape index (κ3) is 5.33. The zero-order valence-electron chi connectivity index (χ0n) is 12.7. The first-order valence-electron chi connectivity index (χ1n) is 7.17. The quantitative estimate of drug-likeness (QED) is 0.648. The SMILES string of the molecule is O=C(CCNS(=O)(=O)c1ccc(Br)cc1)NCc1ccccc1O. The van der Waals surface area contributed by atoms with E-state index in [-0.39, 0.29) is 36.1 Å². The predicted octanol–water partition coefficient (Wildman–Crippen LogP) is 2.14. The van der Waals surface area contributed by atoms with E-state index in [4.69, 9.17) is 0 Å². The van der Waals surface area contributed by atoms with Gasteiger partial charge in [0.25, 0.3) is 0 Å². The van der Waals surface area contributed by atoms with Gasteiger partial charge in [-0.05, 0) is 30.3 Å². The van der Waals surface area contributed by atoms with E-state index in [9.17, 15) is 18.3 Å². The lowest BCUT2D eigenvalue weighted by molar-refractivity contribution is -0.121. The molecule has 0 bridgehead atoms. The summed E-state index contributed by atoms with van der Waals surface area (Å²) < 4.78 is 27.3. The van der Waals surface area contributed by atoms with Crippen LogP contribution in [0.5, 0.6) is 5.75 Å². The summed E-state index contributed by atoms with van der Waals surface area (Å²) in [5.41, 5.74) is 0.598. The van der Waals surface area contributed by atoms with Gasteiger partial charge in [-0.1, -0.05) is 34.1 Å². The Morgan fingerprint density at radius 1 is 1.08 bits per heavy atom. The molecule has 2 aromatic carbocycles. The third-order valence-electron chi connectivity index (χ3n) is 3.24. The van der Waals surface area contributed by atoms with Gasteiger partial charge in [0.05, 0.1) is 4.90 Å². The van der Waals surface area contributed by atoms with Crippen molar-refractivity contribution < 1.29 is 18.3 Å². The standard InChI is InChI=1S/C16H17BrN2O4S/c17-13-5-7-14(8-6-13)24(22,23)19-10-9-16(21)18-11-12-3-1-2-4-15(12)20/h1-8,19-20H,9-11H2,(H,18,21). The number of phenols is 1. The molecule has 24 heavy (non-hydrogen) atoms. The van der Waals surface area contributed by atoms with Crippen molar-refractivity contribution in [3.05, 3.63) is 58.6 Å². The second-order valence-corrected chi connectivity index (χ2v) is 7.69. The van der Waals surface area contributed by atoms with E-state index >= 15 is 0 Å². The fourth-order valence-corrected chi connectivity index (χ4v) is 3.23. The molecule has 0 unspecified atom stereocenters. The summed E-state index contributed by atoms with van der Waals surface area (Å²) in [6, 6.07) is 12.9. The topological polar surface area (TPSA) is 95.5 Å². The highest BCUT2D eigenvalue weighted by Crippen LogP contribution is 2.15. The van der Waals surface area contributed by atoms with Crippen LogP contribution in [0.2, 0.25) is 0 Å². The van der Waals surface area contributed by atoms with Gasteiger partial charge >= 0.3 is 0 Å². The number of rotatable bonds is 7. The van der Waals surface area contributed by atoms with Crippen LogP contribution in [0.15, 0.2) is 57.9 Å². The molecule has 0 radical (unpaired) electrons. The number of halogens is 1. The molecule has 128 valence electrons. The van der Waals surface area contributed by atoms with Gasteiger partial charge < -0.3 is 10.4 Å². The monoisotopic (exact) mass is 412 g/mol. The van der Waals surface area contributed by atoms with Crippen LogP contribution in [-0.2, 0) is 21.4 Å². The molecule has 3 N–H and O–H groups in total. The smallest absolute Gasteiger partial charge is 0.240 e. The summed E-state index contributed by atoms with van der Waals surface area (Å²) >= 11 is 3.24. The Morgan fingerprint density at radius 2 is 1.75 bits per heavy atom. The number of benzene rings is 2. The van der Waals surface area contributed by atoms with Crippen molar-refractivity contribution in [1.82, 2.24) is 10.0 Å². The van der Waals surface area contributed by atoms with Crippen LogP contribution in [-0.4, -0.2) is 26.0 Å². The molecule has 0 atom stereocenters. The van der Waals surface area contributed by atoms with Gasteiger partial charge in [-0.2, -0.15) is 0 Å². The maximum absolute atomic E-state index is 12.1. The first kappa shape index (κ1) is 18.4. The summed E-state index contributed by atoms with van der Waals surface area (Å²) in [4.78, 5) is 11.9. The maximum Gasteiger partial charge on any atom is 0.240 e. The summed E-state index contributed by atoms with van der Waals surface area (Å²) in [7, 11) is -3.64. The highest BCUT2D eigenvalue weighted by atomic mass is 79.9. The summed E-state index contributed by atoms with van der Waals surface area (Å²) in [6.45, 7) is 0.177. The van der Waals surface area contributed by atoms with Crippen LogP contribution in [0.1, 0.15) is 12.0 Å². The second-order valence-electron chi connectivity index (χ2n) is 5.01. The van der Waals surface area contributed by atoms with Gasteiger partial charge in [-0.3, -0.25) is 4.79 Å². The number of amides is 1. The first-order valence-corrected chi connectivity index (χ1v) is 9.45. The Kier molecular flexibility index (Phi) is 6.36. The van der Waals surface area contributed by atoms with E-state index in [1.807, 2.05) is 0 Å². The number of phenolic OH excluding ortho intramolecular Hbond substituents is 1. The lowest BCUT2D eigenvalue weighted by Gasteiger charge is -2.08. The van der Waals surface area contributed by atoms with Crippen molar-refractivity contribution in [3.8, 4) is 5.75 Å². The van der Waals surface area contributed by atoms with Crippen LogP contribution >= 0.6 is 15.9 Å². The van der Waals surface area contributed by atoms with Crippen LogP contribution in [0.4, 0.5) is 0 Å². The van der Waals surface area contributed by atoms with E-state index in [1.165, 1.54) is 18.2 Å². The van der Waals surface area contributed by atoms with E-state index < -0.39 is 10.0 Å². The predicted molar refractivity (Wildman–Crippen MR) is 93.9 cm³/mol. The van der Waals surface area contributed by atoms with E-state index in [0.29, 0.717) is 5.56 Å². The first-order chi connectivity index (χ1) is 11.4. The van der Waals surface area contributed by atoms with Crippen LogP contribution in [0, 0.1) is 0 Å². The van der Waals surface area contributed by atoms with E-state index in [0.717, 1.165) is 4.47 Å². The lowest BCUT2D eigenvalue weighted by atomic mass is 10.2. The minimum atomic E-state index is -3.64. The van der Waals surface area contributed by atoms with Crippen LogP contribution in [0.3, 0.4) is 0 Å². The number of carbonyl (C=O) groups excluding carboxylic acids is 1. The highest BCUT2D eigenvalue weighted by Gasteiger charge is 2.14. The fourth-order valence-electron chi connectivity index (χ4n) is 1.94. The molecule has 0 aliphatic carbocycles.